The monoisotopic (exact) mass is 986 g/mol. The number of carbonyl (C=O) groups excluding carboxylic acids is 2. The minimum absolute atomic E-state index is 0.0411. The van der Waals surface area contributed by atoms with Crippen molar-refractivity contribution in [3.05, 3.63) is 105 Å². The molecule has 0 saturated heterocycles. The molecule has 1 aliphatic heterocycles. The van der Waals surface area contributed by atoms with Crippen molar-refractivity contribution >= 4 is 89.6 Å². The van der Waals surface area contributed by atoms with Gasteiger partial charge in [-0.05, 0) is 105 Å². The number of hydrogen-bond donors (Lipinski definition) is 10. The summed E-state index contributed by atoms with van der Waals surface area (Å²) in [7, 11) is -9.79. The predicted molar refractivity (Wildman–Crippen MR) is 253 cm³/mol. The normalized spacial score (nSPS) is 12.4. The minimum Gasteiger partial charge on any atom is -0.481 e. The SMILES string of the molecule is Cc1cc(C)c(Nc2ccc3c(-c4ccccc4S(=O)(=O)O)c4cc/c(=N\c5c(C)c(NC(=O)NC(CC(=O)O)C(=O)O)c(C)c(S(=O)(=O)O)c5C)cc-4oc3c2)c(C)c1NC(=O)NCCC(=O)O. The maximum atomic E-state index is 13.1. The molecule has 362 valence electrons. The Kier molecular flexibility index (Phi) is 14.5. The van der Waals surface area contributed by atoms with Crippen LogP contribution in [0.5, 0.6) is 0 Å². The quantitative estimate of drug-likeness (QED) is 0.0360. The summed E-state index contributed by atoms with van der Waals surface area (Å²) in [5, 5.41) is 41.2. The number of urea groups is 2. The Balaban J connectivity index is 1.54. The number of fused-ring (bicyclic) bond motifs is 2. The van der Waals surface area contributed by atoms with Crippen LogP contribution < -0.4 is 31.9 Å². The first-order valence-corrected chi connectivity index (χ1v) is 23.5. The van der Waals surface area contributed by atoms with E-state index in [1.165, 1.54) is 51.1 Å². The lowest BCUT2D eigenvalue weighted by molar-refractivity contribution is -0.145. The van der Waals surface area contributed by atoms with Crippen molar-refractivity contribution in [3.63, 3.8) is 0 Å². The molecular formula is C46H46N6O15S2. The third-order valence-corrected chi connectivity index (χ3v) is 13.1. The van der Waals surface area contributed by atoms with Gasteiger partial charge >= 0.3 is 30.0 Å². The van der Waals surface area contributed by atoms with Crippen LogP contribution in [0.2, 0.25) is 0 Å². The van der Waals surface area contributed by atoms with E-state index in [9.17, 15) is 55.0 Å². The van der Waals surface area contributed by atoms with Gasteiger partial charge < -0.3 is 46.3 Å². The Hall–Kier alpha value is -7.86. The van der Waals surface area contributed by atoms with Crippen molar-refractivity contribution in [1.82, 2.24) is 10.6 Å². The number of aliphatic carboxylic acids is 3. The minimum atomic E-state index is -5.00. The molecular weight excluding hydrogens is 941 g/mol. The Morgan fingerprint density at radius 2 is 1.35 bits per heavy atom. The number of nitrogens with zero attached hydrogens (tertiary/aromatic N) is 1. The van der Waals surface area contributed by atoms with Crippen LogP contribution in [0.3, 0.4) is 0 Å². The molecule has 1 heterocycles. The fourth-order valence-corrected chi connectivity index (χ4v) is 9.78. The second kappa shape index (κ2) is 19.8. The number of rotatable bonds is 15. The molecule has 0 bridgehead atoms. The molecule has 0 spiro atoms. The van der Waals surface area contributed by atoms with Gasteiger partial charge in [0.05, 0.1) is 35.3 Å². The van der Waals surface area contributed by atoms with Gasteiger partial charge in [-0.25, -0.2) is 19.4 Å². The van der Waals surface area contributed by atoms with E-state index in [-0.39, 0.29) is 63.3 Å². The Bertz CT molecular complexity index is 3410. The van der Waals surface area contributed by atoms with E-state index in [2.05, 4.69) is 21.3 Å². The molecule has 1 aliphatic carbocycles. The first-order valence-electron chi connectivity index (χ1n) is 20.7. The van der Waals surface area contributed by atoms with Crippen molar-refractivity contribution in [2.45, 2.75) is 70.2 Å². The average Bonchev–Trinajstić information content (AvgIpc) is 3.24. The fourth-order valence-electron chi connectivity index (χ4n) is 8.11. The first-order chi connectivity index (χ1) is 32.3. The largest absolute Gasteiger partial charge is 0.481 e. The molecule has 21 nitrogen and oxygen atoms in total. The van der Waals surface area contributed by atoms with Crippen LogP contribution >= 0.6 is 0 Å². The van der Waals surface area contributed by atoms with Gasteiger partial charge in [0.15, 0.2) is 0 Å². The molecule has 69 heavy (non-hydrogen) atoms. The number of amides is 4. The molecule has 4 amide bonds. The number of anilines is 4. The van der Waals surface area contributed by atoms with Crippen molar-refractivity contribution in [2.24, 2.45) is 4.99 Å². The lowest BCUT2D eigenvalue weighted by Gasteiger charge is -2.21. The summed E-state index contributed by atoms with van der Waals surface area (Å²) in [6, 6.07) is 13.5. The Morgan fingerprint density at radius 1 is 0.681 bits per heavy atom. The van der Waals surface area contributed by atoms with Gasteiger partial charge in [-0.2, -0.15) is 16.8 Å². The highest BCUT2D eigenvalue weighted by molar-refractivity contribution is 7.86. The van der Waals surface area contributed by atoms with Crippen molar-refractivity contribution in [1.29, 1.82) is 0 Å². The summed E-state index contributed by atoms with van der Waals surface area (Å²) in [6.07, 6.45) is -1.24. The molecule has 2 aliphatic rings. The van der Waals surface area contributed by atoms with E-state index < -0.39 is 72.5 Å². The van der Waals surface area contributed by atoms with Gasteiger partial charge in [0, 0.05) is 52.1 Å². The summed E-state index contributed by atoms with van der Waals surface area (Å²) in [6.45, 7) is 9.47. The Morgan fingerprint density at radius 3 is 1.99 bits per heavy atom. The van der Waals surface area contributed by atoms with Crippen LogP contribution in [0.25, 0.3) is 33.4 Å². The van der Waals surface area contributed by atoms with E-state index in [1.54, 1.807) is 44.2 Å². The molecule has 4 aromatic carbocycles. The number of nitrogens with one attached hydrogen (secondary N) is 5. The lowest BCUT2D eigenvalue weighted by Crippen LogP contribution is -2.44. The van der Waals surface area contributed by atoms with Crippen LogP contribution in [0.4, 0.5) is 38.0 Å². The van der Waals surface area contributed by atoms with Crippen LogP contribution in [-0.2, 0) is 34.6 Å². The van der Waals surface area contributed by atoms with Gasteiger partial charge in [-0.1, -0.05) is 24.3 Å². The average molecular weight is 987 g/mol. The molecule has 0 saturated carbocycles. The predicted octanol–water partition coefficient (Wildman–Crippen LogP) is 7.17. The van der Waals surface area contributed by atoms with Gasteiger partial charge in [-0.15, -0.1) is 0 Å². The van der Waals surface area contributed by atoms with Crippen molar-refractivity contribution in [2.75, 3.05) is 22.5 Å². The molecule has 1 unspecified atom stereocenters. The van der Waals surface area contributed by atoms with Crippen LogP contribution in [0, 0.1) is 41.5 Å². The number of carboxylic acids is 3. The molecule has 23 heteroatoms. The molecule has 0 radical (unpaired) electrons. The fraction of sp³-hybridized carbons (Fsp3) is 0.217. The van der Waals surface area contributed by atoms with E-state index in [0.29, 0.717) is 39.1 Å². The number of benzene rings is 5. The topological polar surface area (TPSA) is 340 Å². The van der Waals surface area contributed by atoms with Gasteiger partial charge in [0.2, 0.25) is 0 Å². The highest BCUT2D eigenvalue weighted by Crippen LogP contribution is 2.44. The second-order valence-electron chi connectivity index (χ2n) is 16.0. The molecule has 10 N–H and O–H groups in total. The van der Waals surface area contributed by atoms with Crippen molar-refractivity contribution in [3.8, 4) is 22.5 Å². The van der Waals surface area contributed by atoms with E-state index in [1.807, 2.05) is 18.3 Å². The summed E-state index contributed by atoms with van der Waals surface area (Å²) in [4.78, 5) is 63.3. The summed E-state index contributed by atoms with van der Waals surface area (Å²) in [5.74, 6) is -4.11. The van der Waals surface area contributed by atoms with Crippen LogP contribution in [0.15, 0.2) is 85.9 Å². The standard InChI is InChI=1S/C46H46N6O15S2/c1-21-17-22(2)40(51-45(59)47-16-15-36(53)54)23(3)39(21)48-27-11-13-29-33(18-27)67-34-19-28(12-14-30(34)38(29)31-9-7-8-10-35(31)68(61,62)63)49-41-24(4)42(26(6)43(25(41)5)69(64,65)66)52-46(60)50-32(44(57)58)20-37(55)56/h7-14,17-19,32,48H,15-16,20H2,1-6H3,(H,53,54)(H,55,56)(H,57,58)(H2,47,51,59)(H2,50,52,60)(H,61,62,63)(H,64,65,66)/b49-28+. The van der Waals surface area contributed by atoms with E-state index in [0.717, 1.165) is 11.1 Å². The van der Waals surface area contributed by atoms with Gasteiger partial charge in [0.1, 0.15) is 27.2 Å². The smallest absolute Gasteiger partial charge is 0.326 e. The Labute approximate surface area is 394 Å². The number of carboxylic acid groups (broad SMARTS) is 3. The molecule has 6 rings (SSSR count). The highest BCUT2D eigenvalue weighted by Gasteiger charge is 2.29. The van der Waals surface area contributed by atoms with Gasteiger partial charge in [-0.3, -0.25) is 18.7 Å². The molecule has 0 aromatic heterocycles. The summed E-state index contributed by atoms with van der Waals surface area (Å²) >= 11 is 0. The summed E-state index contributed by atoms with van der Waals surface area (Å²) < 4.78 is 78.5. The maximum absolute atomic E-state index is 13.1. The molecule has 4 aromatic rings. The van der Waals surface area contributed by atoms with Crippen molar-refractivity contribution < 1.29 is 69.7 Å². The third kappa shape index (κ3) is 11.1. The maximum Gasteiger partial charge on any atom is 0.326 e. The zero-order valence-electron chi connectivity index (χ0n) is 37.6. The van der Waals surface area contributed by atoms with Gasteiger partial charge in [0.25, 0.3) is 20.2 Å². The summed E-state index contributed by atoms with van der Waals surface area (Å²) in [5.41, 5.74) is 4.49. The van der Waals surface area contributed by atoms with Crippen LogP contribution in [-0.4, -0.2) is 83.8 Å². The number of hydrogen-bond acceptors (Lipinski definition) is 12. The number of carbonyl (C=O) groups is 5. The first kappa shape index (κ1) is 50.6. The molecule has 0 fully saturated rings. The lowest BCUT2D eigenvalue weighted by atomic mass is 9.93. The molecule has 1 atom stereocenters. The van der Waals surface area contributed by atoms with Crippen LogP contribution in [0.1, 0.15) is 46.2 Å². The zero-order valence-corrected chi connectivity index (χ0v) is 39.3. The zero-order chi connectivity index (χ0) is 50.9. The van der Waals surface area contributed by atoms with E-state index in [4.69, 9.17) is 19.6 Å². The van der Waals surface area contributed by atoms with E-state index >= 15 is 0 Å². The highest BCUT2D eigenvalue weighted by atomic mass is 32.2. The second-order valence-corrected chi connectivity index (χ2v) is 18.7. The third-order valence-electron chi connectivity index (χ3n) is 11.1. The number of aryl methyl sites for hydroxylation is 2.